The van der Waals surface area contributed by atoms with Crippen LogP contribution in [0.2, 0.25) is 5.02 Å². The zero-order chi connectivity index (χ0) is 16.4. The zero-order valence-electron chi connectivity index (χ0n) is 13.7. The first-order chi connectivity index (χ1) is 11.8. The number of imidazole rings is 1. The van der Waals surface area contributed by atoms with Crippen LogP contribution < -0.4 is 0 Å². The summed E-state index contributed by atoms with van der Waals surface area (Å²) in [6.07, 6.45) is 4.48. The van der Waals surface area contributed by atoms with Crippen LogP contribution in [0.1, 0.15) is 18.4 Å². The SMILES string of the molecule is Clc1cccc(CN2CCC(Cn3cnc4ccccc43)CC2)c1. The van der Waals surface area contributed by atoms with Gasteiger partial charge in [-0.05, 0) is 61.7 Å². The van der Waals surface area contributed by atoms with Gasteiger partial charge in [0.05, 0.1) is 17.4 Å². The van der Waals surface area contributed by atoms with Crippen LogP contribution in [-0.2, 0) is 13.1 Å². The van der Waals surface area contributed by atoms with Crippen LogP contribution >= 0.6 is 11.6 Å². The van der Waals surface area contributed by atoms with Gasteiger partial charge in [0, 0.05) is 18.1 Å². The van der Waals surface area contributed by atoms with Gasteiger partial charge in [-0.15, -0.1) is 0 Å². The van der Waals surface area contributed by atoms with Crippen LogP contribution in [0.5, 0.6) is 0 Å². The molecule has 24 heavy (non-hydrogen) atoms. The lowest BCUT2D eigenvalue weighted by Crippen LogP contribution is -2.34. The average molecular weight is 340 g/mol. The van der Waals surface area contributed by atoms with Gasteiger partial charge in [-0.3, -0.25) is 4.90 Å². The molecule has 0 unspecified atom stereocenters. The Morgan fingerprint density at radius 1 is 1.04 bits per heavy atom. The predicted molar refractivity (Wildman–Crippen MR) is 99.2 cm³/mol. The van der Waals surface area contributed by atoms with Crippen molar-refractivity contribution in [3.8, 4) is 0 Å². The molecule has 0 amide bonds. The number of aromatic nitrogens is 2. The molecule has 1 fully saturated rings. The second-order valence-electron chi connectivity index (χ2n) is 6.74. The summed E-state index contributed by atoms with van der Waals surface area (Å²) in [6.45, 7) is 4.39. The molecule has 2 aromatic carbocycles. The highest BCUT2D eigenvalue weighted by atomic mass is 35.5. The number of benzene rings is 2. The number of rotatable bonds is 4. The van der Waals surface area contributed by atoms with Gasteiger partial charge in [0.25, 0.3) is 0 Å². The van der Waals surface area contributed by atoms with Crippen LogP contribution in [0.4, 0.5) is 0 Å². The van der Waals surface area contributed by atoms with E-state index in [1.165, 1.54) is 23.9 Å². The van der Waals surface area contributed by atoms with Crippen LogP contribution in [-0.4, -0.2) is 27.5 Å². The molecule has 2 heterocycles. The zero-order valence-corrected chi connectivity index (χ0v) is 14.5. The van der Waals surface area contributed by atoms with Crippen molar-refractivity contribution in [2.45, 2.75) is 25.9 Å². The van der Waals surface area contributed by atoms with Gasteiger partial charge < -0.3 is 4.57 Å². The van der Waals surface area contributed by atoms with Gasteiger partial charge in [0.1, 0.15) is 0 Å². The van der Waals surface area contributed by atoms with Crippen LogP contribution in [0, 0.1) is 5.92 Å². The first kappa shape index (κ1) is 15.7. The van der Waals surface area contributed by atoms with Crippen molar-refractivity contribution in [3.63, 3.8) is 0 Å². The largest absolute Gasteiger partial charge is 0.330 e. The highest BCUT2D eigenvalue weighted by Gasteiger charge is 2.20. The number of halogens is 1. The Bertz CT molecular complexity index is 818. The molecule has 4 rings (SSSR count). The van der Waals surface area contributed by atoms with Crippen molar-refractivity contribution < 1.29 is 0 Å². The van der Waals surface area contributed by atoms with E-state index in [4.69, 9.17) is 11.6 Å². The summed E-state index contributed by atoms with van der Waals surface area (Å²) in [5.74, 6) is 0.734. The summed E-state index contributed by atoms with van der Waals surface area (Å²) < 4.78 is 2.31. The van der Waals surface area contributed by atoms with E-state index in [1.54, 1.807) is 0 Å². The van der Waals surface area contributed by atoms with Crippen molar-refractivity contribution in [3.05, 3.63) is 65.4 Å². The summed E-state index contributed by atoms with van der Waals surface area (Å²) in [7, 11) is 0. The average Bonchev–Trinajstić information content (AvgIpc) is 3.00. The third-order valence-electron chi connectivity index (χ3n) is 4.98. The van der Waals surface area contributed by atoms with Crippen molar-refractivity contribution in [1.82, 2.24) is 14.5 Å². The van der Waals surface area contributed by atoms with Crippen molar-refractivity contribution in [1.29, 1.82) is 0 Å². The monoisotopic (exact) mass is 339 g/mol. The fourth-order valence-corrected chi connectivity index (χ4v) is 3.87. The second-order valence-corrected chi connectivity index (χ2v) is 7.17. The van der Waals surface area contributed by atoms with Crippen LogP contribution in [0.3, 0.4) is 0 Å². The highest BCUT2D eigenvalue weighted by molar-refractivity contribution is 6.30. The Kier molecular flexibility index (Phi) is 4.54. The highest BCUT2D eigenvalue weighted by Crippen LogP contribution is 2.23. The van der Waals surface area contributed by atoms with E-state index in [2.05, 4.69) is 44.8 Å². The molecule has 1 aliphatic rings. The molecule has 3 nitrogen and oxygen atoms in total. The van der Waals surface area contributed by atoms with Gasteiger partial charge in [0.15, 0.2) is 0 Å². The Morgan fingerprint density at radius 2 is 1.88 bits per heavy atom. The molecule has 1 saturated heterocycles. The molecule has 0 atom stereocenters. The molecule has 0 bridgehead atoms. The molecule has 0 radical (unpaired) electrons. The first-order valence-electron chi connectivity index (χ1n) is 8.64. The predicted octanol–water partition coefficient (Wildman–Crippen LogP) is 4.60. The van der Waals surface area contributed by atoms with E-state index < -0.39 is 0 Å². The fraction of sp³-hybridized carbons (Fsp3) is 0.350. The lowest BCUT2D eigenvalue weighted by molar-refractivity contribution is 0.168. The summed E-state index contributed by atoms with van der Waals surface area (Å²) in [5, 5.41) is 0.828. The van der Waals surface area contributed by atoms with Crippen molar-refractivity contribution >= 4 is 22.6 Å². The fourth-order valence-electron chi connectivity index (χ4n) is 3.65. The first-order valence-corrected chi connectivity index (χ1v) is 9.02. The van der Waals surface area contributed by atoms with Crippen molar-refractivity contribution in [2.75, 3.05) is 13.1 Å². The molecule has 1 aromatic heterocycles. The molecule has 0 aliphatic carbocycles. The van der Waals surface area contributed by atoms with Crippen molar-refractivity contribution in [2.24, 2.45) is 5.92 Å². The van der Waals surface area contributed by atoms with Gasteiger partial charge in [-0.1, -0.05) is 35.9 Å². The number of hydrogen-bond acceptors (Lipinski definition) is 2. The van der Waals surface area contributed by atoms with Crippen LogP contribution in [0.25, 0.3) is 11.0 Å². The lowest BCUT2D eigenvalue weighted by Gasteiger charge is -2.32. The third-order valence-corrected chi connectivity index (χ3v) is 5.22. The number of hydrogen-bond donors (Lipinski definition) is 0. The van der Waals surface area contributed by atoms with E-state index in [0.717, 1.165) is 42.6 Å². The normalized spacial score (nSPS) is 16.7. The van der Waals surface area contributed by atoms with E-state index in [9.17, 15) is 0 Å². The number of fused-ring (bicyclic) bond motifs is 1. The number of piperidine rings is 1. The van der Waals surface area contributed by atoms with Crippen LogP contribution in [0.15, 0.2) is 54.9 Å². The second kappa shape index (κ2) is 6.96. The number of para-hydroxylation sites is 2. The maximum absolute atomic E-state index is 6.09. The smallest absolute Gasteiger partial charge is 0.0958 e. The molecule has 0 N–H and O–H groups in total. The Hall–Kier alpha value is -1.84. The molecule has 3 aromatic rings. The summed E-state index contributed by atoms with van der Waals surface area (Å²) in [6, 6.07) is 16.6. The Morgan fingerprint density at radius 3 is 2.71 bits per heavy atom. The summed E-state index contributed by atoms with van der Waals surface area (Å²) in [5.41, 5.74) is 3.65. The van der Waals surface area contributed by atoms with E-state index in [0.29, 0.717) is 0 Å². The van der Waals surface area contributed by atoms with Gasteiger partial charge in [-0.25, -0.2) is 4.98 Å². The third kappa shape index (κ3) is 3.47. The molecular weight excluding hydrogens is 318 g/mol. The standard InChI is InChI=1S/C20H22ClN3/c21-18-5-3-4-17(12-18)13-23-10-8-16(9-11-23)14-24-15-22-19-6-1-2-7-20(19)24/h1-7,12,15-16H,8-11,13-14H2. The summed E-state index contributed by atoms with van der Waals surface area (Å²) >= 11 is 6.09. The molecule has 1 aliphatic heterocycles. The Labute approximate surface area is 147 Å². The van der Waals surface area contributed by atoms with E-state index in [1.807, 2.05) is 24.5 Å². The lowest BCUT2D eigenvalue weighted by atomic mass is 9.96. The van der Waals surface area contributed by atoms with Gasteiger partial charge in [-0.2, -0.15) is 0 Å². The maximum atomic E-state index is 6.09. The minimum absolute atomic E-state index is 0.734. The molecular formula is C20H22ClN3. The number of likely N-dealkylation sites (tertiary alicyclic amines) is 1. The minimum Gasteiger partial charge on any atom is -0.330 e. The van der Waals surface area contributed by atoms with E-state index in [-0.39, 0.29) is 0 Å². The summed E-state index contributed by atoms with van der Waals surface area (Å²) in [4.78, 5) is 7.04. The molecule has 124 valence electrons. The quantitative estimate of drug-likeness (QED) is 0.692. The topological polar surface area (TPSA) is 21.1 Å². The van der Waals surface area contributed by atoms with E-state index >= 15 is 0 Å². The molecule has 0 spiro atoms. The molecule has 0 saturated carbocycles. The van der Waals surface area contributed by atoms with Gasteiger partial charge >= 0.3 is 0 Å². The molecule has 4 heteroatoms. The Balaban J connectivity index is 1.34. The number of nitrogens with zero attached hydrogens (tertiary/aromatic N) is 3. The minimum atomic E-state index is 0.734. The maximum Gasteiger partial charge on any atom is 0.0958 e. The van der Waals surface area contributed by atoms with Gasteiger partial charge in [0.2, 0.25) is 0 Å².